The molecule has 5 nitrogen and oxygen atoms in total. The van der Waals surface area contributed by atoms with Gasteiger partial charge in [0.15, 0.2) is 6.10 Å². The van der Waals surface area contributed by atoms with Crippen molar-refractivity contribution < 1.29 is 9.47 Å². The summed E-state index contributed by atoms with van der Waals surface area (Å²) < 4.78 is 10.8. The van der Waals surface area contributed by atoms with Crippen LogP contribution in [0.2, 0.25) is 0 Å². The molecule has 1 aromatic carbocycles. The summed E-state index contributed by atoms with van der Waals surface area (Å²) in [4.78, 5) is 2.14. The Bertz CT molecular complexity index is 482. The van der Waals surface area contributed by atoms with Gasteiger partial charge in [-0.15, -0.1) is 0 Å². The van der Waals surface area contributed by atoms with Gasteiger partial charge in [0.1, 0.15) is 5.75 Å². The molecular weight excluding hydrogens is 242 g/mol. The first-order valence-electron chi connectivity index (χ1n) is 6.36. The van der Waals surface area contributed by atoms with Gasteiger partial charge in [-0.1, -0.05) is 6.07 Å². The zero-order chi connectivity index (χ0) is 13.8. The second kappa shape index (κ2) is 5.91. The molecule has 1 aliphatic heterocycles. The van der Waals surface area contributed by atoms with E-state index in [-0.39, 0.29) is 12.1 Å². The number of methoxy groups -OCH3 is 1. The predicted octanol–water partition coefficient (Wildman–Crippen LogP) is 1.44. The Morgan fingerprint density at radius 3 is 3.00 bits per heavy atom. The Kier molecular flexibility index (Phi) is 4.25. The maximum atomic E-state index is 8.98. The van der Waals surface area contributed by atoms with E-state index in [9.17, 15) is 0 Å². The maximum Gasteiger partial charge on any atom is 0.161 e. The van der Waals surface area contributed by atoms with Gasteiger partial charge in [0.25, 0.3) is 0 Å². The Labute approximate surface area is 113 Å². The molecule has 1 aliphatic rings. The van der Waals surface area contributed by atoms with Gasteiger partial charge < -0.3 is 20.1 Å². The summed E-state index contributed by atoms with van der Waals surface area (Å²) in [5.41, 5.74) is 8.06. The SMILES string of the molecule is COc1cccc(N2CCOC(C#N)C2)c1[C@H](C)N. The third-order valence-corrected chi connectivity index (χ3v) is 3.27. The summed E-state index contributed by atoms with van der Waals surface area (Å²) in [6, 6.07) is 7.89. The number of anilines is 1. The summed E-state index contributed by atoms with van der Waals surface area (Å²) in [5.74, 6) is 0.785. The molecule has 0 aliphatic carbocycles. The second-order valence-electron chi connectivity index (χ2n) is 4.62. The van der Waals surface area contributed by atoms with Crippen LogP contribution < -0.4 is 15.4 Å². The van der Waals surface area contributed by atoms with Crippen LogP contribution in [-0.4, -0.2) is 32.9 Å². The van der Waals surface area contributed by atoms with Gasteiger partial charge in [-0.2, -0.15) is 5.26 Å². The zero-order valence-electron chi connectivity index (χ0n) is 11.3. The summed E-state index contributed by atoms with van der Waals surface area (Å²) in [6.45, 7) is 3.80. The number of rotatable bonds is 3. The Morgan fingerprint density at radius 1 is 1.58 bits per heavy atom. The van der Waals surface area contributed by atoms with E-state index in [4.69, 9.17) is 20.5 Å². The lowest BCUT2D eigenvalue weighted by Crippen LogP contribution is -2.42. The molecular formula is C14H19N3O2. The minimum Gasteiger partial charge on any atom is -0.496 e. The summed E-state index contributed by atoms with van der Waals surface area (Å²) in [6.07, 6.45) is -0.388. The topological polar surface area (TPSA) is 71.5 Å². The molecule has 0 radical (unpaired) electrons. The minimum atomic E-state index is -0.388. The average Bonchev–Trinajstić information content (AvgIpc) is 2.46. The summed E-state index contributed by atoms with van der Waals surface area (Å²) in [7, 11) is 1.64. The first kappa shape index (κ1) is 13.7. The van der Waals surface area contributed by atoms with Crippen molar-refractivity contribution >= 4 is 5.69 Å². The van der Waals surface area contributed by atoms with Crippen molar-refractivity contribution in [2.75, 3.05) is 31.7 Å². The predicted molar refractivity (Wildman–Crippen MR) is 73.2 cm³/mol. The molecule has 2 N–H and O–H groups in total. The van der Waals surface area contributed by atoms with Gasteiger partial charge in [0.05, 0.1) is 26.3 Å². The minimum absolute atomic E-state index is 0.130. The molecule has 5 heteroatoms. The molecule has 102 valence electrons. The van der Waals surface area contributed by atoms with Crippen LogP contribution in [0, 0.1) is 11.3 Å². The lowest BCUT2D eigenvalue weighted by Gasteiger charge is -2.34. The van der Waals surface area contributed by atoms with E-state index in [1.165, 1.54) is 0 Å². The molecule has 2 atom stereocenters. The summed E-state index contributed by atoms with van der Waals surface area (Å²) >= 11 is 0. The van der Waals surface area contributed by atoms with Crippen LogP contribution in [0.4, 0.5) is 5.69 Å². The maximum absolute atomic E-state index is 8.98. The Balaban J connectivity index is 2.36. The molecule has 0 spiro atoms. The first-order chi connectivity index (χ1) is 9.17. The van der Waals surface area contributed by atoms with Crippen molar-refractivity contribution in [3.63, 3.8) is 0 Å². The second-order valence-corrected chi connectivity index (χ2v) is 4.62. The highest BCUT2D eigenvalue weighted by atomic mass is 16.5. The van der Waals surface area contributed by atoms with Crippen LogP contribution in [0.15, 0.2) is 18.2 Å². The van der Waals surface area contributed by atoms with E-state index >= 15 is 0 Å². The highest BCUT2D eigenvalue weighted by Crippen LogP contribution is 2.34. The number of benzene rings is 1. The lowest BCUT2D eigenvalue weighted by molar-refractivity contribution is 0.0763. The van der Waals surface area contributed by atoms with Gasteiger partial charge in [-0.05, 0) is 19.1 Å². The fourth-order valence-electron chi connectivity index (χ4n) is 2.39. The molecule has 1 unspecified atom stereocenters. The van der Waals surface area contributed by atoms with Crippen LogP contribution in [0.3, 0.4) is 0 Å². The van der Waals surface area contributed by atoms with Crippen LogP contribution in [-0.2, 0) is 4.74 Å². The number of nitrogens with two attached hydrogens (primary N) is 1. The van der Waals surface area contributed by atoms with Crippen molar-refractivity contribution in [1.29, 1.82) is 5.26 Å². The van der Waals surface area contributed by atoms with E-state index in [0.717, 1.165) is 23.5 Å². The lowest BCUT2D eigenvalue weighted by atomic mass is 10.0. The quantitative estimate of drug-likeness (QED) is 0.891. The molecule has 0 bridgehead atoms. The smallest absolute Gasteiger partial charge is 0.161 e. The number of hydrogen-bond acceptors (Lipinski definition) is 5. The van der Waals surface area contributed by atoms with Crippen molar-refractivity contribution in [2.45, 2.75) is 19.1 Å². The third-order valence-electron chi connectivity index (χ3n) is 3.27. The molecule has 1 saturated heterocycles. The fraction of sp³-hybridized carbons (Fsp3) is 0.500. The van der Waals surface area contributed by atoms with E-state index in [0.29, 0.717) is 13.2 Å². The van der Waals surface area contributed by atoms with E-state index in [2.05, 4.69) is 11.0 Å². The normalized spacial score (nSPS) is 20.7. The van der Waals surface area contributed by atoms with Gasteiger partial charge in [-0.25, -0.2) is 0 Å². The first-order valence-corrected chi connectivity index (χ1v) is 6.36. The fourth-order valence-corrected chi connectivity index (χ4v) is 2.39. The molecule has 1 aromatic rings. The number of hydrogen-bond donors (Lipinski definition) is 1. The molecule has 1 heterocycles. The van der Waals surface area contributed by atoms with E-state index < -0.39 is 0 Å². The van der Waals surface area contributed by atoms with E-state index in [1.807, 2.05) is 25.1 Å². The molecule has 2 rings (SSSR count). The van der Waals surface area contributed by atoms with Crippen LogP contribution >= 0.6 is 0 Å². The summed E-state index contributed by atoms with van der Waals surface area (Å²) in [5, 5.41) is 8.98. The highest BCUT2D eigenvalue weighted by molar-refractivity contribution is 5.61. The number of ether oxygens (including phenoxy) is 2. The highest BCUT2D eigenvalue weighted by Gasteiger charge is 2.24. The number of nitriles is 1. The van der Waals surface area contributed by atoms with Gasteiger partial charge in [-0.3, -0.25) is 0 Å². The zero-order valence-corrected chi connectivity index (χ0v) is 11.3. The Hall–Kier alpha value is -1.77. The number of morpholine rings is 1. The molecule has 0 saturated carbocycles. The van der Waals surface area contributed by atoms with Crippen molar-refractivity contribution in [1.82, 2.24) is 0 Å². The van der Waals surface area contributed by atoms with Crippen molar-refractivity contribution in [3.05, 3.63) is 23.8 Å². The molecule has 0 amide bonds. The van der Waals surface area contributed by atoms with Crippen molar-refractivity contribution in [3.8, 4) is 11.8 Å². The molecule has 19 heavy (non-hydrogen) atoms. The van der Waals surface area contributed by atoms with Crippen LogP contribution in [0.1, 0.15) is 18.5 Å². The Morgan fingerprint density at radius 2 is 2.37 bits per heavy atom. The van der Waals surface area contributed by atoms with Crippen LogP contribution in [0.5, 0.6) is 5.75 Å². The standard InChI is InChI=1S/C14H19N3O2/c1-10(16)14-12(4-3-5-13(14)18-2)17-6-7-19-11(8-15)9-17/h3-5,10-11H,6-7,9,16H2,1-2H3/t10-,11?/m0/s1. The molecule has 1 fully saturated rings. The van der Waals surface area contributed by atoms with Gasteiger partial charge in [0, 0.05) is 23.8 Å². The average molecular weight is 261 g/mol. The largest absolute Gasteiger partial charge is 0.496 e. The molecule has 0 aromatic heterocycles. The number of nitrogens with zero attached hydrogens (tertiary/aromatic N) is 2. The van der Waals surface area contributed by atoms with E-state index in [1.54, 1.807) is 7.11 Å². The van der Waals surface area contributed by atoms with Gasteiger partial charge in [0.2, 0.25) is 0 Å². The van der Waals surface area contributed by atoms with Crippen molar-refractivity contribution in [2.24, 2.45) is 5.73 Å². The monoisotopic (exact) mass is 261 g/mol. The third kappa shape index (κ3) is 2.80. The van der Waals surface area contributed by atoms with Gasteiger partial charge >= 0.3 is 0 Å². The van der Waals surface area contributed by atoms with Crippen LogP contribution in [0.25, 0.3) is 0 Å².